The quantitative estimate of drug-likeness (QED) is 0.228. The Morgan fingerprint density at radius 1 is 1.57 bits per heavy atom. The fraction of sp³-hybridized carbons (Fsp3) is 0. The Hall–Kier alpha value is 1.61. The molecular weight excluding hydrogens is 161 g/mol. The first-order valence-corrected chi connectivity index (χ1v) is 2.52. The van der Waals surface area contributed by atoms with Gasteiger partial charge in [0.05, 0.1) is 0 Å². The minimum atomic E-state index is -1.33. The normalized spacial score (nSPS) is 4.29. The molecule has 0 saturated carbocycles. The summed E-state index contributed by atoms with van der Waals surface area (Å²) in [6.07, 6.45) is -1.33. The van der Waals surface area contributed by atoms with E-state index in [0.717, 1.165) is 0 Å². The number of carbonyl (C=O) groups is 1. The Bertz CT molecular complexity index is 38.7. The third-order valence-corrected chi connectivity index (χ3v) is 0. The molecule has 0 radical (unpaired) electrons. The van der Waals surface area contributed by atoms with Gasteiger partial charge in [-0.05, 0) is 0 Å². The topological polar surface area (TPSA) is 63.3 Å². The van der Waals surface area contributed by atoms with Crippen LogP contribution in [0.5, 0.6) is 0 Å². The van der Waals surface area contributed by atoms with Gasteiger partial charge in [-0.25, -0.2) is 4.79 Å². The predicted molar refractivity (Wildman–Crippen MR) is 37.3 cm³/mol. The predicted octanol–water partition coefficient (Wildman–Crippen LogP) is -0.264. The summed E-state index contributed by atoms with van der Waals surface area (Å²) < 4.78 is 0. The summed E-state index contributed by atoms with van der Waals surface area (Å²) in [4.78, 5) is 8.78. The molecule has 0 bridgehead atoms. The van der Waals surface area contributed by atoms with Gasteiger partial charge in [-0.1, -0.05) is 0 Å². The molecule has 6 heteroatoms. The first-order valence-electron chi connectivity index (χ1n) is 0.916. The standard InChI is InChI=1S/CH3NO2.K.H2S2.H/c2-1(3)4;;1-2;/h2H2,(H,3,4);;1-2H;. The van der Waals surface area contributed by atoms with Gasteiger partial charge in [0.2, 0.25) is 0 Å². The van der Waals surface area contributed by atoms with Crippen LogP contribution in [0, 0.1) is 0 Å². The molecule has 0 rings (SSSR count). The number of hydrogen-bond donors (Lipinski definition) is 4. The van der Waals surface area contributed by atoms with Gasteiger partial charge in [0.1, 0.15) is 0 Å². The van der Waals surface area contributed by atoms with Gasteiger partial charge in [-0.2, -0.15) is 0 Å². The summed E-state index contributed by atoms with van der Waals surface area (Å²) in [5, 5.41) is 7.19. The monoisotopic (exact) mass is 167 g/mol. The summed E-state index contributed by atoms with van der Waals surface area (Å²) >= 11 is 6.44. The SMILES string of the molecule is NC(=O)O.SS.[KH]. The van der Waals surface area contributed by atoms with Crippen molar-refractivity contribution in [2.75, 3.05) is 0 Å². The fourth-order valence-corrected chi connectivity index (χ4v) is 0. The summed E-state index contributed by atoms with van der Waals surface area (Å²) in [5.74, 6) is 0. The molecule has 3 nitrogen and oxygen atoms in total. The second kappa shape index (κ2) is 15.6. The Morgan fingerprint density at radius 2 is 1.57 bits per heavy atom. The molecule has 0 heterocycles. The number of amides is 1. The van der Waals surface area contributed by atoms with E-state index in [0.29, 0.717) is 0 Å². The molecule has 0 aromatic carbocycles. The van der Waals surface area contributed by atoms with Gasteiger partial charge < -0.3 is 10.8 Å². The van der Waals surface area contributed by atoms with E-state index in [-0.39, 0.29) is 51.4 Å². The van der Waals surface area contributed by atoms with Crippen LogP contribution in [0.2, 0.25) is 0 Å². The number of rotatable bonds is 0. The Morgan fingerprint density at radius 3 is 1.57 bits per heavy atom. The average molecular weight is 167 g/mol. The maximum atomic E-state index is 8.78. The zero-order chi connectivity index (χ0) is 5.58. The molecule has 0 spiro atoms. The van der Waals surface area contributed by atoms with E-state index in [1.165, 1.54) is 0 Å². The average Bonchev–Trinajstić information content (AvgIpc) is 1.41. The summed E-state index contributed by atoms with van der Waals surface area (Å²) in [5.41, 5.74) is 4.03. The summed E-state index contributed by atoms with van der Waals surface area (Å²) in [6, 6.07) is 0. The van der Waals surface area contributed by atoms with Crippen molar-refractivity contribution in [1.29, 1.82) is 0 Å². The van der Waals surface area contributed by atoms with E-state index in [9.17, 15) is 0 Å². The summed E-state index contributed by atoms with van der Waals surface area (Å²) in [7, 11) is 0. The van der Waals surface area contributed by atoms with Crippen LogP contribution < -0.4 is 5.73 Å². The van der Waals surface area contributed by atoms with Crippen molar-refractivity contribution >= 4 is 80.8 Å². The molecule has 0 aromatic heterocycles. The zero-order valence-corrected chi connectivity index (χ0v) is 4.62. The van der Waals surface area contributed by atoms with Crippen molar-refractivity contribution < 1.29 is 9.90 Å². The maximum absolute atomic E-state index is 8.78. The number of carboxylic acid groups (broad SMARTS) is 1. The Kier molecular flexibility index (Phi) is 35.4. The van der Waals surface area contributed by atoms with Crippen molar-refractivity contribution in [2.45, 2.75) is 0 Å². The van der Waals surface area contributed by atoms with Crippen LogP contribution in [0.4, 0.5) is 4.79 Å². The third-order valence-electron chi connectivity index (χ3n) is 0. The van der Waals surface area contributed by atoms with E-state index in [1.54, 1.807) is 0 Å². The van der Waals surface area contributed by atoms with Gasteiger partial charge in [0.15, 0.2) is 0 Å². The van der Waals surface area contributed by atoms with Crippen molar-refractivity contribution in [3.8, 4) is 0 Å². The zero-order valence-electron chi connectivity index (χ0n) is 2.83. The number of hydrogen-bond acceptors (Lipinski definition) is 3. The molecule has 0 aliphatic heterocycles. The second-order valence-electron chi connectivity index (χ2n) is 0.338. The summed E-state index contributed by atoms with van der Waals surface area (Å²) in [6.45, 7) is 0. The molecule has 0 aromatic rings. The number of primary amides is 1. The number of nitrogens with two attached hydrogens (primary N) is 1. The van der Waals surface area contributed by atoms with Crippen LogP contribution in [0.15, 0.2) is 0 Å². The van der Waals surface area contributed by atoms with Crippen LogP contribution in [0.25, 0.3) is 0 Å². The molecule has 0 fully saturated rings. The van der Waals surface area contributed by atoms with E-state index >= 15 is 0 Å². The third kappa shape index (κ3) is 92.7. The van der Waals surface area contributed by atoms with Gasteiger partial charge in [-0.15, -0.1) is 23.3 Å². The molecule has 0 aliphatic rings. The van der Waals surface area contributed by atoms with Crippen molar-refractivity contribution in [3.63, 3.8) is 0 Å². The van der Waals surface area contributed by atoms with E-state index in [1.807, 2.05) is 0 Å². The van der Waals surface area contributed by atoms with Crippen LogP contribution in [0.1, 0.15) is 0 Å². The minimum absolute atomic E-state index is 0. The second-order valence-corrected chi connectivity index (χ2v) is 0.338. The van der Waals surface area contributed by atoms with Crippen LogP contribution in [0.3, 0.4) is 0 Å². The van der Waals surface area contributed by atoms with E-state index < -0.39 is 6.09 Å². The van der Waals surface area contributed by atoms with Crippen LogP contribution in [-0.4, -0.2) is 62.6 Å². The molecule has 0 atom stereocenters. The van der Waals surface area contributed by atoms with Crippen LogP contribution in [-0.2, 0) is 0 Å². The van der Waals surface area contributed by atoms with Crippen molar-refractivity contribution in [2.24, 2.45) is 5.73 Å². The molecule has 3 N–H and O–H groups in total. The van der Waals surface area contributed by atoms with Gasteiger partial charge in [0.25, 0.3) is 0 Å². The molecule has 40 valence electrons. The first-order chi connectivity index (χ1) is 2.73. The van der Waals surface area contributed by atoms with Gasteiger partial charge in [-0.3, -0.25) is 0 Å². The molecular formula is CH6KNO2S2. The molecule has 0 saturated heterocycles. The van der Waals surface area contributed by atoms with Crippen LogP contribution >= 0.6 is 23.3 Å². The van der Waals surface area contributed by atoms with Gasteiger partial charge in [0, 0.05) is 0 Å². The van der Waals surface area contributed by atoms with Crippen molar-refractivity contribution in [1.82, 2.24) is 0 Å². The number of thiol groups is 2. The Labute approximate surface area is 94.7 Å². The Balaban J connectivity index is -0.0000000480. The van der Waals surface area contributed by atoms with Gasteiger partial charge >= 0.3 is 57.5 Å². The van der Waals surface area contributed by atoms with E-state index in [2.05, 4.69) is 29.1 Å². The molecule has 0 unspecified atom stereocenters. The molecule has 0 aliphatic carbocycles. The fourth-order valence-electron chi connectivity index (χ4n) is 0. The molecule has 7 heavy (non-hydrogen) atoms. The van der Waals surface area contributed by atoms with Crippen molar-refractivity contribution in [3.05, 3.63) is 0 Å². The molecule has 1 amide bonds. The van der Waals surface area contributed by atoms with E-state index in [4.69, 9.17) is 9.90 Å². The first kappa shape index (κ1) is 15.8.